The third kappa shape index (κ3) is 6.71. The number of benzene rings is 2. The number of carboxylic acid groups (broad SMARTS) is 1. The maximum Gasteiger partial charge on any atom is 0.353 e. The lowest BCUT2D eigenvalue weighted by atomic mass is 10.0. The monoisotopic (exact) mass is 645 g/mol. The molecule has 0 spiro atoms. The van der Waals surface area contributed by atoms with Crippen molar-refractivity contribution in [3.05, 3.63) is 94.1 Å². The van der Waals surface area contributed by atoms with Crippen LogP contribution < -0.4 is 10.6 Å². The van der Waals surface area contributed by atoms with E-state index in [1.165, 1.54) is 17.1 Å². The first-order chi connectivity index (χ1) is 21.8. The molecule has 0 aliphatic carbocycles. The van der Waals surface area contributed by atoms with Crippen LogP contribution in [-0.4, -0.2) is 74.6 Å². The second-order valence-electron chi connectivity index (χ2n) is 9.34. The van der Waals surface area contributed by atoms with Gasteiger partial charge in [0.05, 0.1) is 0 Å². The van der Waals surface area contributed by atoms with Crippen LogP contribution in [0.2, 0.25) is 0 Å². The van der Waals surface area contributed by atoms with E-state index in [0.717, 1.165) is 27.4 Å². The van der Waals surface area contributed by atoms with E-state index in [-0.39, 0.29) is 27.8 Å². The number of oxime groups is 1. The number of hydrogen-bond donors (Lipinski definition) is 3. The second-order valence-corrected chi connectivity index (χ2v) is 11.3. The molecule has 15 heteroatoms. The van der Waals surface area contributed by atoms with Crippen LogP contribution in [0.5, 0.6) is 0 Å². The van der Waals surface area contributed by atoms with Crippen LogP contribution >= 0.6 is 23.1 Å². The molecule has 0 radical (unpaired) electrons. The van der Waals surface area contributed by atoms with Crippen LogP contribution in [0.1, 0.15) is 22.9 Å². The van der Waals surface area contributed by atoms with E-state index in [4.69, 9.17) is 16.0 Å². The molecule has 5 rings (SSSR count). The predicted molar refractivity (Wildman–Crippen MR) is 164 cm³/mol. The van der Waals surface area contributed by atoms with Gasteiger partial charge in [-0.25, -0.2) is 14.6 Å². The van der Waals surface area contributed by atoms with E-state index in [1.54, 1.807) is 0 Å². The Morgan fingerprint density at radius 3 is 2.42 bits per heavy atom. The molecule has 2 atom stereocenters. The summed E-state index contributed by atoms with van der Waals surface area (Å²) in [5.74, 6) is -1.24. The molecule has 2 aromatic carbocycles. The SMILES string of the molecule is C#CC1=C(C(=O)O)N2C(=O)C(NC(=O)C(=NOCC(=O)OC(c3ccccc3)c3ccccc3)c3csc(NC=O)n3)[C@@H]2SC1. The zero-order valence-electron chi connectivity index (χ0n) is 23.1. The summed E-state index contributed by atoms with van der Waals surface area (Å²) >= 11 is 2.19. The molecule has 3 heterocycles. The van der Waals surface area contributed by atoms with E-state index in [1.807, 2.05) is 60.7 Å². The van der Waals surface area contributed by atoms with Gasteiger partial charge in [0.1, 0.15) is 22.8 Å². The Bertz CT molecular complexity index is 1700. The van der Waals surface area contributed by atoms with Crippen molar-refractivity contribution in [3.63, 3.8) is 0 Å². The number of thiazole rings is 1. The highest BCUT2D eigenvalue weighted by Gasteiger charge is 2.54. The summed E-state index contributed by atoms with van der Waals surface area (Å²) in [6.45, 7) is -0.674. The molecule has 3 aromatic rings. The van der Waals surface area contributed by atoms with Gasteiger partial charge in [0, 0.05) is 16.7 Å². The zero-order valence-corrected chi connectivity index (χ0v) is 24.7. The fraction of sp³-hybridized carbons (Fsp3) is 0.167. The molecule has 2 aliphatic rings. The van der Waals surface area contributed by atoms with E-state index in [0.29, 0.717) is 6.41 Å². The van der Waals surface area contributed by atoms with Gasteiger partial charge in [0.2, 0.25) is 13.0 Å². The number of ether oxygens (including phenoxy) is 1. The lowest BCUT2D eigenvalue weighted by Gasteiger charge is -2.48. The first-order valence-corrected chi connectivity index (χ1v) is 15.1. The molecule has 1 fully saturated rings. The first-order valence-electron chi connectivity index (χ1n) is 13.2. The molecule has 228 valence electrons. The number of esters is 1. The molecule has 2 aliphatic heterocycles. The number of hydrogen-bond acceptors (Lipinski definition) is 11. The number of carbonyl (C=O) groups excluding carboxylic acids is 4. The highest BCUT2D eigenvalue weighted by atomic mass is 32.2. The smallest absolute Gasteiger partial charge is 0.353 e. The highest BCUT2D eigenvalue weighted by molar-refractivity contribution is 8.00. The Hall–Kier alpha value is -5.46. The van der Waals surface area contributed by atoms with Gasteiger partial charge in [-0.3, -0.25) is 19.3 Å². The Balaban J connectivity index is 1.31. The molecule has 0 saturated carbocycles. The number of nitrogens with zero attached hydrogens (tertiary/aromatic N) is 3. The third-order valence-corrected chi connectivity index (χ3v) is 8.62. The molecule has 0 bridgehead atoms. The minimum atomic E-state index is -1.35. The Morgan fingerprint density at radius 1 is 1.16 bits per heavy atom. The molecule has 1 aromatic heterocycles. The van der Waals surface area contributed by atoms with Gasteiger partial charge in [0.25, 0.3) is 11.8 Å². The van der Waals surface area contributed by atoms with Crippen molar-refractivity contribution >= 4 is 64.1 Å². The fourth-order valence-corrected chi connectivity index (χ4v) is 6.49. The summed E-state index contributed by atoms with van der Waals surface area (Å²) < 4.78 is 5.70. The number of aliphatic carboxylic acids is 1. The molecule has 3 N–H and O–H groups in total. The fourth-order valence-electron chi connectivity index (χ4n) is 4.54. The lowest BCUT2D eigenvalue weighted by Crippen LogP contribution is -2.71. The van der Waals surface area contributed by atoms with Crippen molar-refractivity contribution in [3.8, 4) is 12.3 Å². The van der Waals surface area contributed by atoms with Crippen LogP contribution in [0.25, 0.3) is 0 Å². The lowest BCUT2D eigenvalue weighted by molar-refractivity contribution is -0.153. The van der Waals surface area contributed by atoms with Crippen LogP contribution in [0, 0.1) is 12.3 Å². The van der Waals surface area contributed by atoms with Gasteiger partial charge < -0.3 is 25.3 Å². The number of β-lactam (4-membered cyclic amide) rings is 1. The number of nitrogens with one attached hydrogen (secondary N) is 2. The van der Waals surface area contributed by atoms with Crippen molar-refractivity contribution in [1.82, 2.24) is 15.2 Å². The number of fused-ring (bicyclic) bond motifs is 1. The van der Waals surface area contributed by atoms with Crippen LogP contribution in [0.15, 0.2) is 82.5 Å². The average molecular weight is 646 g/mol. The first kappa shape index (κ1) is 31.0. The predicted octanol–water partition coefficient (Wildman–Crippen LogP) is 2.14. The van der Waals surface area contributed by atoms with E-state index >= 15 is 0 Å². The van der Waals surface area contributed by atoms with E-state index in [2.05, 4.69) is 26.7 Å². The normalized spacial score (nSPS) is 17.5. The topological polar surface area (TPSA) is 177 Å². The van der Waals surface area contributed by atoms with E-state index < -0.39 is 53.6 Å². The van der Waals surface area contributed by atoms with Crippen LogP contribution in [-0.2, 0) is 33.5 Å². The summed E-state index contributed by atoms with van der Waals surface area (Å²) in [6.07, 6.45) is 5.09. The van der Waals surface area contributed by atoms with Crippen LogP contribution in [0.4, 0.5) is 5.13 Å². The number of rotatable bonds is 12. The zero-order chi connectivity index (χ0) is 31.9. The number of terminal acetylenes is 1. The van der Waals surface area contributed by atoms with Crippen LogP contribution in [0.3, 0.4) is 0 Å². The molecule has 45 heavy (non-hydrogen) atoms. The van der Waals surface area contributed by atoms with Gasteiger partial charge in [-0.05, 0) is 11.1 Å². The molecule has 13 nitrogen and oxygen atoms in total. The molecule has 1 saturated heterocycles. The van der Waals surface area contributed by atoms with Crippen molar-refractivity contribution in [2.24, 2.45) is 5.16 Å². The largest absolute Gasteiger partial charge is 0.477 e. The molecular formula is C30H23N5O8S2. The summed E-state index contributed by atoms with van der Waals surface area (Å²) in [6, 6.07) is 17.1. The summed E-state index contributed by atoms with van der Waals surface area (Å²) in [5.41, 5.74) is 0.903. The summed E-state index contributed by atoms with van der Waals surface area (Å²) in [4.78, 5) is 72.2. The van der Waals surface area contributed by atoms with Gasteiger partial charge in [-0.2, -0.15) is 0 Å². The van der Waals surface area contributed by atoms with Gasteiger partial charge in [0.15, 0.2) is 16.9 Å². The van der Waals surface area contributed by atoms with E-state index in [9.17, 15) is 29.1 Å². The number of anilines is 1. The average Bonchev–Trinajstić information content (AvgIpc) is 3.52. The summed E-state index contributed by atoms with van der Waals surface area (Å²) in [7, 11) is 0. The van der Waals surface area contributed by atoms with Gasteiger partial charge in [-0.1, -0.05) is 71.7 Å². The van der Waals surface area contributed by atoms with Crippen molar-refractivity contribution < 1.29 is 38.7 Å². The number of amides is 3. The highest BCUT2D eigenvalue weighted by Crippen LogP contribution is 2.40. The van der Waals surface area contributed by atoms with Crippen molar-refractivity contribution in [2.75, 3.05) is 17.7 Å². The van der Waals surface area contributed by atoms with Gasteiger partial charge >= 0.3 is 11.9 Å². The van der Waals surface area contributed by atoms with Crippen molar-refractivity contribution in [2.45, 2.75) is 17.5 Å². The maximum atomic E-state index is 13.4. The number of carbonyl (C=O) groups is 5. The number of carboxylic acids is 1. The van der Waals surface area contributed by atoms with Gasteiger partial charge in [-0.15, -0.1) is 29.5 Å². The minimum Gasteiger partial charge on any atom is -0.477 e. The third-order valence-electron chi connectivity index (χ3n) is 6.57. The molecular weight excluding hydrogens is 622 g/mol. The Kier molecular flexibility index (Phi) is 9.56. The number of thioether (sulfide) groups is 1. The Morgan fingerprint density at radius 2 is 1.82 bits per heavy atom. The quantitative estimate of drug-likeness (QED) is 0.0661. The molecule has 3 amide bonds. The number of aromatic nitrogens is 1. The second kappa shape index (κ2) is 13.9. The Labute approximate surface area is 264 Å². The standard InChI is InChI=1S/C30H23N5O8S2/c1-2-17-14-44-28-23(27(39)35(28)24(17)29(40)41)33-26(38)22(20-15-45-30(32-20)31-16-36)34-42-13-21(37)43-25(18-9-5-3-6-10-18)19-11-7-4-8-12-19/h1,3-12,15-16,23,25,28H,13-14H2,(H,33,38)(H,40,41)(H,31,32,36)/t23?,28-/m0/s1. The van der Waals surface area contributed by atoms with Crippen molar-refractivity contribution in [1.29, 1.82) is 0 Å². The summed E-state index contributed by atoms with van der Waals surface area (Å²) in [5, 5.41) is 19.2. The maximum absolute atomic E-state index is 13.4. The minimum absolute atomic E-state index is 0.0117. The molecule has 1 unspecified atom stereocenters.